The van der Waals surface area contributed by atoms with Crippen LogP contribution in [0.4, 0.5) is 5.69 Å². The van der Waals surface area contributed by atoms with Crippen molar-refractivity contribution in [3.05, 3.63) is 83.2 Å². The number of nitriles is 1. The summed E-state index contributed by atoms with van der Waals surface area (Å²) in [5.41, 5.74) is 7.18. The number of rotatable bonds is 0. The minimum Gasteiger partial charge on any atom is -0.439 e. The Kier molecular flexibility index (Phi) is 2.93. The molecular weight excluding hydrogens is 338 g/mol. The molecule has 0 fully saturated rings. The zero-order chi connectivity index (χ0) is 18.8. The summed E-state index contributed by atoms with van der Waals surface area (Å²) < 4.78 is 5.90. The summed E-state index contributed by atoms with van der Waals surface area (Å²) in [6.45, 7) is 0. The molecule has 0 radical (unpaired) electrons. The lowest BCUT2D eigenvalue weighted by Gasteiger charge is -2.34. The van der Waals surface area contributed by atoms with Gasteiger partial charge in [-0.3, -0.25) is 4.79 Å². The second-order valence-electron chi connectivity index (χ2n) is 6.75. The van der Waals surface area contributed by atoms with E-state index in [0.717, 1.165) is 22.0 Å². The Labute approximate surface area is 155 Å². The van der Waals surface area contributed by atoms with Crippen LogP contribution in [-0.4, -0.2) is 13.0 Å². The highest BCUT2D eigenvalue weighted by Crippen LogP contribution is 2.55. The number of carbonyl (C=O) groups excluding carboxylic acids is 1. The molecule has 5 heteroatoms. The lowest BCUT2D eigenvalue weighted by atomic mass is 9.68. The van der Waals surface area contributed by atoms with Crippen LogP contribution >= 0.6 is 0 Å². The molecule has 2 aliphatic heterocycles. The van der Waals surface area contributed by atoms with Crippen LogP contribution in [0.2, 0.25) is 0 Å². The molecule has 0 saturated carbocycles. The molecule has 2 heterocycles. The van der Waals surface area contributed by atoms with Crippen LogP contribution in [0.15, 0.2) is 72.1 Å². The van der Waals surface area contributed by atoms with E-state index in [9.17, 15) is 10.1 Å². The summed E-state index contributed by atoms with van der Waals surface area (Å²) in [5, 5.41) is 11.8. The molecule has 5 rings (SSSR count). The smallest absolute Gasteiger partial charge is 0.247 e. The first-order valence-corrected chi connectivity index (χ1v) is 8.58. The number of hydrogen-bond acceptors (Lipinski definition) is 4. The largest absolute Gasteiger partial charge is 0.439 e. The zero-order valence-electron chi connectivity index (χ0n) is 14.6. The monoisotopic (exact) mass is 353 g/mol. The van der Waals surface area contributed by atoms with Crippen molar-refractivity contribution in [1.29, 1.82) is 5.26 Å². The molecule has 0 saturated heterocycles. The van der Waals surface area contributed by atoms with Crippen molar-refractivity contribution in [1.82, 2.24) is 0 Å². The van der Waals surface area contributed by atoms with Crippen molar-refractivity contribution < 1.29 is 9.53 Å². The third-order valence-corrected chi connectivity index (χ3v) is 5.52. The average Bonchev–Trinajstić information content (AvgIpc) is 2.91. The van der Waals surface area contributed by atoms with E-state index in [4.69, 9.17) is 10.5 Å². The van der Waals surface area contributed by atoms with Crippen LogP contribution in [0.1, 0.15) is 11.1 Å². The van der Waals surface area contributed by atoms with E-state index >= 15 is 0 Å². The summed E-state index contributed by atoms with van der Waals surface area (Å²) in [6, 6.07) is 21.2. The summed E-state index contributed by atoms with van der Waals surface area (Å²) in [4.78, 5) is 15.2. The quantitative estimate of drug-likeness (QED) is 0.673. The molecular formula is C22H15N3O2. The predicted molar refractivity (Wildman–Crippen MR) is 102 cm³/mol. The number of ether oxygens (including phenoxy) is 1. The molecule has 0 aliphatic carbocycles. The fraction of sp³-hybridized carbons (Fsp3) is 0.0909. The second-order valence-corrected chi connectivity index (χ2v) is 6.75. The maximum absolute atomic E-state index is 13.6. The van der Waals surface area contributed by atoms with Gasteiger partial charge in [-0.2, -0.15) is 5.26 Å². The van der Waals surface area contributed by atoms with Gasteiger partial charge < -0.3 is 15.4 Å². The molecule has 1 spiro atoms. The number of nitrogens with zero attached hydrogens (tertiary/aromatic N) is 2. The summed E-state index contributed by atoms with van der Waals surface area (Å²) in [7, 11) is 1.72. The van der Waals surface area contributed by atoms with Crippen LogP contribution in [0.25, 0.3) is 10.8 Å². The minimum atomic E-state index is -1.29. The SMILES string of the molecule is CN1C(=O)C2(C(C#N)=C(N)Oc3c2ccc2ccccc32)c2ccccc21. The molecule has 0 aromatic heterocycles. The number of carbonyl (C=O) groups is 1. The Bertz CT molecular complexity index is 1220. The highest BCUT2D eigenvalue weighted by atomic mass is 16.5. The molecule has 2 N–H and O–H groups in total. The molecule has 0 bridgehead atoms. The number of hydrogen-bond donors (Lipinski definition) is 1. The normalized spacial score (nSPS) is 20.4. The Hall–Kier alpha value is -3.78. The molecule has 130 valence electrons. The van der Waals surface area contributed by atoms with Crippen LogP contribution in [-0.2, 0) is 10.2 Å². The molecule has 1 amide bonds. The van der Waals surface area contributed by atoms with Gasteiger partial charge in [0.2, 0.25) is 11.8 Å². The first-order valence-electron chi connectivity index (χ1n) is 8.58. The van der Waals surface area contributed by atoms with Crippen molar-refractivity contribution in [3.63, 3.8) is 0 Å². The Morgan fingerprint density at radius 2 is 1.78 bits per heavy atom. The van der Waals surface area contributed by atoms with Crippen LogP contribution in [0.3, 0.4) is 0 Å². The first kappa shape index (κ1) is 15.5. The lowest BCUT2D eigenvalue weighted by molar-refractivity contribution is -0.120. The first-order chi connectivity index (χ1) is 13.1. The average molecular weight is 353 g/mol. The maximum Gasteiger partial charge on any atom is 0.247 e. The van der Waals surface area contributed by atoms with Gasteiger partial charge in [0, 0.05) is 29.2 Å². The predicted octanol–water partition coefficient (Wildman–Crippen LogP) is 3.19. The van der Waals surface area contributed by atoms with E-state index in [2.05, 4.69) is 6.07 Å². The Morgan fingerprint density at radius 3 is 2.59 bits per heavy atom. The molecule has 27 heavy (non-hydrogen) atoms. The van der Waals surface area contributed by atoms with Gasteiger partial charge in [-0.25, -0.2) is 0 Å². The van der Waals surface area contributed by atoms with E-state index in [0.29, 0.717) is 11.3 Å². The van der Waals surface area contributed by atoms with E-state index < -0.39 is 5.41 Å². The number of nitrogens with two attached hydrogens (primary N) is 1. The second kappa shape index (κ2) is 5.12. The van der Waals surface area contributed by atoms with Crippen LogP contribution < -0.4 is 15.4 Å². The van der Waals surface area contributed by atoms with Crippen LogP contribution in [0, 0.1) is 11.3 Å². The van der Waals surface area contributed by atoms with Gasteiger partial charge in [0.15, 0.2) is 0 Å². The molecule has 2 aliphatic rings. The van der Waals surface area contributed by atoms with Crippen molar-refractivity contribution >= 4 is 22.4 Å². The van der Waals surface area contributed by atoms with Crippen molar-refractivity contribution in [2.45, 2.75) is 5.41 Å². The van der Waals surface area contributed by atoms with Gasteiger partial charge in [0.1, 0.15) is 22.8 Å². The minimum absolute atomic E-state index is 0.0280. The number of para-hydroxylation sites is 1. The Balaban J connectivity index is 1.98. The fourth-order valence-corrected chi connectivity index (χ4v) is 4.33. The number of fused-ring (bicyclic) bond motifs is 6. The Morgan fingerprint density at radius 1 is 1.04 bits per heavy atom. The summed E-state index contributed by atoms with van der Waals surface area (Å²) >= 11 is 0. The third kappa shape index (κ3) is 1.69. The number of amides is 1. The topological polar surface area (TPSA) is 79.4 Å². The fourth-order valence-electron chi connectivity index (χ4n) is 4.33. The molecule has 1 unspecified atom stereocenters. The highest BCUT2D eigenvalue weighted by Gasteiger charge is 2.58. The van der Waals surface area contributed by atoms with Gasteiger partial charge in [0.25, 0.3) is 0 Å². The molecule has 3 aromatic rings. The zero-order valence-corrected chi connectivity index (χ0v) is 14.6. The van der Waals surface area contributed by atoms with Gasteiger partial charge in [-0.15, -0.1) is 0 Å². The van der Waals surface area contributed by atoms with Gasteiger partial charge in [0.05, 0.1) is 0 Å². The summed E-state index contributed by atoms with van der Waals surface area (Å²) in [5.74, 6) is 0.297. The lowest BCUT2D eigenvalue weighted by Crippen LogP contribution is -2.44. The number of benzene rings is 3. The van der Waals surface area contributed by atoms with Crippen LogP contribution in [0.5, 0.6) is 5.75 Å². The highest BCUT2D eigenvalue weighted by molar-refractivity contribution is 6.14. The number of likely N-dealkylation sites (N-methyl/N-ethyl adjacent to an activating group) is 1. The van der Waals surface area contributed by atoms with E-state index in [1.54, 1.807) is 11.9 Å². The van der Waals surface area contributed by atoms with Gasteiger partial charge in [-0.1, -0.05) is 54.6 Å². The van der Waals surface area contributed by atoms with Crippen molar-refractivity contribution in [3.8, 4) is 11.8 Å². The van der Waals surface area contributed by atoms with Gasteiger partial charge in [-0.05, 0) is 11.5 Å². The van der Waals surface area contributed by atoms with E-state index in [1.807, 2.05) is 60.7 Å². The van der Waals surface area contributed by atoms with Crippen molar-refractivity contribution in [2.75, 3.05) is 11.9 Å². The molecule has 5 nitrogen and oxygen atoms in total. The van der Waals surface area contributed by atoms with Gasteiger partial charge >= 0.3 is 0 Å². The van der Waals surface area contributed by atoms with E-state index in [1.165, 1.54) is 0 Å². The van der Waals surface area contributed by atoms with E-state index in [-0.39, 0.29) is 17.4 Å². The number of anilines is 1. The molecule has 1 atom stereocenters. The summed E-state index contributed by atoms with van der Waals surface area (Å²) in [6.07, 6.45) is 0. The third-order valence-electron chi connectivity index (χ3n) is 5.52. The molecule has 3 aromatic carbocycles. The van der Waals surface area contributed by atoms with Crippen molar-refractivity contribution in [2.24, 2.45) is 5.73 Å². The standard InChI is InChI=1S/C22H15N3O2/c1-25-18-9-5-4-8-15(18)22(21(25)26)16-11-10-13-6-2-3-7-14(13)19(16)27-20(24)17(22)12-23/h2-11H,24H2,1H3. The maximum atomic E-state index is 13.6.